The summed E-state index contributed by atoms with van der Waals surface area (Å²) in [5, 5.41) is 8.94. The van der Waals surface area contributed by atoms with E-state index < -0.39 is 16.5 Å². The van der Waals surface area contributed by atoms with Gasteiger partial charge in [0, 0.05) is 6.61 Å². The van der Waals surface area contributed by atoms with Crippen LogP contribution in [0.25, 0.3) is 0 Å². The molecule has 0 aromatic rings. The van der Waals surface area contributed by atoms with Crippen LogP contribution in [0.5, 0.6) is 0 Å². The van der Waals surface area contributed by atoms with Crippen LogP contribution in [-0.2, 0) is 0 Å². The highest BCUT2D eigenvalue weighted by Crippen LogP contribution is 2.20. The number of hydrogen-bond acceptors (Lipinski definition) is 2. The van der Waals surface area contributed by atoms with E-state index in [9.17, 15) is 0 Å². The highest BCUT2D eigenvalue weighted by Gasteiger charge is 2.33. The zero-order valence-corrected chi connectivity index (χ0v) is 11.3. The Labute approximate surface area is 78.8 Å². The molecule has 2 nitrogen and oxygen atoms in total. The summed E-state index contributed by atoms with van der Waals surface area (Å²) in [6, 6.07) is 0.994. The van der Waals surface area contributed by atoms with Gasteiger partial charge in [0.05, 0.1) is 0 Å². The summed E-state index contributed by atoms with van der Waals surface area (Å²) in [7, 11) is -0.216. The molecule has 0 aromatic carbocycles. The summed E-state index contributed by atoms with van der Waals surface area (Å²) in [6.45, 7) is 12.1. The molecule has 0 fully saturated rings. The number of nitrogens with zero attached hydrogens (tertiary/aromatic N) is 1. The topological polar surface area (TPSA) is 23.5 Å². The molecule has 0 saturated heterocycles. The van der Waals surface area contributed by atoms with Gasteiger partial charge in [-0.05, 0) is 13.1 Å². The second-order valence-electron chi connectivity index (χ2n) is 5.02. The molecule has 0 aliphatic heterocycles. The fourth-order valence-electron chi connectivity index (χ4n) is 1.35. The van der Waals surface area contributed by atoms with E-state index in [1.165, 1.54) is 0 Å². The average molecular weight is 205 g/mol. The Kier molecular flexibility index (Phi) is 4.16. The third kappa shape index (κ3) is 3.39. The molecule has 0 heterocycles. The van der Waals surface area contributed by atoms with Gasteiger partial charge in [-0.25, -0.2) is 0 Å². The Balaban J connectivity index is 4.34. The van der Waals surface area contributed by atoms with Crippen molar-refractivity contribution >= 4 is 16.5 Å². The minimum absolute atomic E-state index is 0.341. The van der Waals surface area contributed by atoms with Gasteiger partial charge in [-0.3, -0.25) is 0 Å². The molecule has 0 radical (unpaired) electrons. The van der Waals surface area contributed by atoms with Crippen LogP contribution in [-0.4, -0.2) is 39.5 Å². The molecule has 0 atom stereocenters. The molecule has 0 aliphatic carbocycles. The lowest BCUT2D eigenvalue weighted by atomic mass is 10.9. The third-order valence-electron chi connectivity index (χ3n) is 2.64. The van der Waals surface area contributed by atoms with Gasteiger partial charge < -0.3 is 9.34 Å². The Bertz CT molecular complexity index is 142. The van der Waals surface area contributed by atoms with Gasteiger partial charge in [0.2, 0.25) is 0 Å². The van der Waals surface area contributed by atoms with Crippen molar-refractivity contribution in [2.75, 3.05) is 13.7 Å². The molecule has 0 spiro atoms. The van der Waals surface area contributed by atoms with Crippen LogP contribution in [0.15, 0.2) is 0 Å². The van der Waals surface area contributed by atoms with Crippen LogP contribution in [0.2, 0.25) is 38.8 Å². The fourth-order valence-corrected chi connectivity index (χ4v) is 9.83. The maximum absolute atomic E-state index is 8.94. The SMILES string of the molecule is CN([Si](C)(C)C)[Si](C)(C)CCO. The lowest BCUT2D eigenvalue weighted by Gasteiger charge is -2.42. The van der Waals surface area contributed by atoms with Crippen molar-refractivity contribution in [1.29, 1.82) is 0 Å². The standard InChI is InChI=1S/C8H23NOSi2/c1-9(11(2,3)4)12(5,6)8-7-10/h10H,7-8H2,1-6H3. The van der Waals surface area contributed by atoms with Crippen LogP contribution >= 0.6 is 0 Å². The fraction of sp³-hybridized carbons (Fsp3) is 1.00. The molecule has 0 aliphatic rings. The minimum Gasteiger partial charge on any atom is -0.397 e. The van der Waals surface area contributed by atoms with Crippen LogP contribution < -0.4 is 0 Å². The molecule has 4 heteroatoms. The van der Waals surface area contributed by atoms with Gasteiger partial charge in [0.25, 0.3) is 0 Å². The molecular formula is C8H23NOSi2. The van der Waals surface area contributed by atoms with Crippen LogP contribution in [0, 0.1) is 0 Å². The quantitative estimate of drug-likeness (QED) is 0.709. The van der Waals surface area contributed by atoms with E-state index in [0.29, 0.717) is 6.61 Å². The third-order valence-corrected chi connectivity index (χ3v) is 11.7. The first-order valence-electron chi connectivity index (χ1n) is 4.56. The van der Waals surface area contributed by atoms with E-state index in [2.05, 4.69) is 44.0 Å². The molecule has 0 saturated carbocycles. The highest BCUT2D eigenvalue weighted by atomic mass is 28.4. The Morgan fingerprint density at radius 1 is 1.08 bits per heavy atom. The van der Waals surface area contributed by atoms with E-state index in [1.54, 1.807) is 0 Å². The molecule has 1 N–H and O–H groups in total. The van der Waals surface area contributed by atoms with E-state index in [-0.39, 0.29) is 0 Å². The van der Waals surface area contributed by atoms with Gasteiger partial charge in [0.15, 0.2) is 0 Å². The summed E-state index contributed by atoms with van der Waals surface area (Å²) in [6.07, 6.45) is 0. The maximum atomic E-state index is 8.94. The van der Waals surface area contributed by atoms with Crippen molar-refractivity contribution in [2.45, 2.75) is 38.8 Å². The van der Waals surface area contributed by atoms with Crippen LogP contribution in [0.4, 0.5) is 0 Å². The van der Waals surface area contributed by atoms with E-state index >= 15 is 0 Å². The normalized spacial score (nSPS) is 14.0. The van der Waals surface area contributed by atoms with Gasteiger partial charge in [-0.2, -0.15) is 0 Å². The van der Waals surface area contributed by atoms with Crippen molar-refractivity contribution in [2.24, 2.45) is 0 Å². The Hall–Kier alpha value is 0.354. The van der Waals surface area contributed by atoms with E-state index in [4.69, 9.17) is 5.11 Å². The number of rotatable bonds is 4. The first-order valence-corrected chi connectivity index (χ1v) is 11.2. The lowest BCUT2D eigenvalue weighted by Crippen LogP contribution is -2.58. The van der Waals surface area contributed by atoms with Gasteiger partial charge in [0.1, 0.15) is 16.5 Å². The first-order chi connectivity index (χ1) is 5.22. The monoisotopic (exact) mass is 205 g/mol. The maximum Gasteiger partial charge on any atom is 0.117 e. The molecular weight excluding hydrogens is 182 g/mol. The summed E-state index contributed by atoms with van der Waals surface area (Å²) in [5.41, 5.74) is 0. The number of aliphatic hydroxyl groups is 1. The predicted molar refractivity (Wildman–Crippen MR) is 60.5 cm³/mol. The Morgan fingerprint density at radius 3 is 1.75 bits per heavy atom. The zero-order chi connectivity index (χ0) is 9.99. The number of aliphatic hydroxyl groups excluding tert-OH is 1. The molecule has 0 rings (SSSR count). The second kappa shape index (κ2) is 4.04. The Morgan fingerprint density at radius 2 is 1.50 bits per heavy atom. The molecule has 74 valence electrons. The minimum atomic E-state index is -1.30. The largest absolute Gasteiger partial charge is 0.397 e. The molecule has 12 heavy (non-hydrogen) atoms. The predicted octanol–water partition coefficient (Wildman–Crippen LogP) is 1.95. The van der Waals surface area contributed by atoms with Gasteiger partial charge >= 0.3 is 0 Å². The number of hydrogen-bond donors (Lipinski definition) is 1. The second-order valence-corrected chi connectivity index (χ2v) is 15.3. The zero-order valence-electron chi connectivity index (χ0n) is 9.31. The molecule has 0 aromatic heterocycles. The van der Waals surface area contributed by atoms with Crippen LogP contribution in [0.3, 0.4) is 0 Å². The summed E-state index contributed by atoms with van der Waals surface area (Å²) in [4.78, 5) is 0. The molecule has 0 unspecified atom stereocenters. The van der Waals surface area contributed by atoms with Crippen molar-refractivity contribution in [1.82, 2.24) is 4.23 Å². The van der Waals surface area contributed by atoms with Crippen LogP contribution in [0.1, 0.15) is 0 Å². The highest BCUT2D eigenvalue weighted by molar-refractivity contribution is 6.90. The van der Waals surface area contributed by atoms with E-state index in [0.717, 1.165) is 6.04 Å². The van der Waals surface area contributed by atoms with Gasteiger partial charge in [-0.15, -0.1) is 0 Å². The van der Waals surface area contributed by atoms with Gasteiger partial charge in [-0.1, -0.05) is 32.7 Å². The lowest BCUT2D eigenvalue weighted by molar-refractivity contribution is 0.314. The summed E-state index contributed by atoms with van der Waals surface area (Å²) in [5.74, 6) is 0. The smallest absolute Gasteiger partial charge is 0.117 e. The van der Waals surface area contributed by atoms with Crippen molar-refractivity contribution in [3.8, 4) is 0 Å². The van der Waals surface area contributed by atoms with Crippen molar-refractivity contribution < 1.29 is 5.11 Å². The molecule has 0 amide bonds. The average Bonchev–Trinajstić information content (AvgIpc) is 1.84. The summed E-state index contributed by atoms with van der Waals surface area (Å²) >= 11 is 0. The first kappa shape index (κ1) is 12.4. The van der Waals surface area contributed by atoms with E-state index in [1.807, 2.05) is 0 Å². The van der Waals surface area contributed by atoms with Crippen molar-refractivity contribution in [3.05, 3.63) is 0 Å². The van der Waals surface area contributed by atoms with Crippen molar-refractivity contribution in [3.63, 3.8) is 0 Å². The molecule has 0 bridgehead atoms. The summed E-state index contributed by atoms with van der Waals surface area (Å²) < 4.78 is 2.58.